The molecule has 0 aliphatic rings. The van der Waals surface area contributed by atoms with E-state index in [0.29, 0.717) is 5.76 Å². The van der Waals surface area contributed by atoms with Crippen molar-refractivity contribution < 1.29 is 23.8 Å². The lowest BCUT2D eigenvalue weighted by Crippen LogP contribution is -2.42. The Morgan fingerprint density at radius 1 is 1.14 bits per heavy atom. The second kappa shape index (κ2) is 9.18. The Bertz CT molecular complexity index is 941. The van der Waals surface area contributed by atoms with E-state index in [-0.39, 0.29) is 18.9 Å². The maximum Gasteiger partial charge on any atom is 0.408 e. The molecule has 0 aliphatic carbocycles. The molecule has 1 aromatic heterocycles. The monoisotopic (exact) mass is 444 g/mol. The van der Waals surface area contributed by atoms with E-state index in [1.54, 1.807) is 12.1 Å². The number of hydrogen-bond donors (Lipinski definition) is 2. The van der Waals surface area contributed by atoms with Crippen LogP contribution in [0, 0.1) is 0 Å². The van der Waals surface area contributed by atoms with E-state index < -0.39 is 18.1 Å². The van der Waals surface area contributed by atoms with Crippen molar-refractivity contribution in [3.8, 4) is 11.3 Å². The van der Waals surface area contributed by atoms with Gasteiger partial charge in [0.15, 0.2) is 11.7 Å². The minimum atomic E-state index is -1.22. The lowest BCUT2D eigenvalue weighted by Gasteiger charge is -2.13. The molecule has 1 atom stereocenters. The number of hydrogen-bond acceptors (Lipinski definition) is 5. The quantitative estimate of drug-likeness (QED) is 0.570. The molecule has 144 valence electrons. The molecule has 7 nitrogen and oxygen atoms in total. The summed E-state index contributed by atoms with van der Waals surface area (Å²) in [4.78, 5) is 27.5. The molecule has 0 fully saturated rings. The molecule has 1 heterocycles. The van der Waals surface area contributed by atoms with Crippen LogP contribution in [0.15, 0.2) is 69.7 Å². The number of nitrogens with one attached hydrogen (secondary N) is 1. The molecule has 1 unspecified atom stereocenters. The average molecular weight is 445 g/mol. The highest BCUT2D eigenvalue weighted by Crippen LogP contribution is 2.23. The van der Waals surface area contributed by atoms with Gasteiger partial charge in [0.25, 0.3) is 0 Å². The van der Waals surface area contributed by atoms with Crippen LogP contribution in [0.5, 0.6) is 0 Å². The van der Waals surface area contributed by atoms with Crippen molar-refractivity contribution in [3.05, 3.63) is 76.7 Å². The van der Waals surface area contributed by atoms with Crippen molar-refractivity contribution in [3.63, 3.8) is 0 Å². The van der Waals surface area contributed by atoms with Crippen molar-refractivity contribution in [2.24, 2.45) is 0 Å². The molecule has 0 saturated carbocycles. The highest BCUT2D eigenvalue weighted by Gasteiger charge is 2.23. The van der Waals surface area contributed by atoms with E-state index in [1.165, 1.54) is 6.20 Å². The van der Waals surface area contributed by atoms with Crippen LogP contribution in [-0.2, 0) is 22.6 Å². The standard InChI is InChI=1S/C20H17BrN2O5/c21-15-8-6-14(7-9-15)17-11-22-18(28-17)10-16(19(24)25)23-20(26)27-12-13-4-2-1-3-5-13/h1-9,11,16H,10,12H2,(H,23,26)(H,24,25). The fourth-order valence-corrected chi connectivity index (χ4v) is 2.70. The minimum absolute atomic E-state index is 0.0474. The highest BCUT2D eigenvalue weighted by atomic mass is 79.9. The molecule has 3 aromatic rings. The average Bonchev–Trinajstić information content (AvgIpc) is 3.16. The molecular weight excluding hydrogens is 428 g/mol. The number of amides is 1. The van der Waals surface area contributed by atoms with Gasteiger partial charge in [-0.05, 0) is 17.7 Å². The Hall–Kier alpha value is -3.13. The zero-order valence-corrected chi connectivity index (χ0v) is 16.3. The van der Waals surface area contributed by atoms with Crippen molar-refractivity contribution >= 4 is 28.0 Å². The third-order valence-electron chi connectivity index (χ3n) is 3.86. The number of aromatic nitrogens is 1. The maximum absolute atomic E-state index is 11.9. The van der Waals surface area contributed by atoms with Gasteiger partial charge in [-0.1, -0.05) is 58.4 Å². The third-order valence-corrected chi connectivity index (χ3v) is 4.39. The number of nitrogens with zero attached hydrogens (tertiary/aromatic N) is 1. The topological polar surface area (TPSA) is 102 Å². The Morgan fingerprint density at radius 2 is 1.86 bits per heavy atom. The fraction of sp³-hybridized carbons (Fsp3) is 0.150. The van der Waals surface area contributed by atoms with Crippen molar-refractivity contribution in [1.82, 2.24) is 10.3 Å². The van der Waals surface area contributed by atoms with Crippen molar-refractivity contribution in [1.29, 1.82) is 0 Å². The van der Waals surface area contributed by atoms with Gasteiger partial charge >= 0.3 is 12.1 Å². The molecule has 8 heteroatoms. The number of carboxylic acid groups (broad SMARTS) is 1. The first-order chi connectivity index (χ1) is 13.5. The van der Waals surface area contributed by atoms with Gasteiger partial charge in [-0.2, -0.15) is 0 Å². The van der Waals surface area contributed by atoms with Gasteiger partial charge in [0.1, 0.15) is 12.6 Å². The second-order valence-electron chi connectivity index (χ2n) is 5.93. The molecule has 2 N–H and O–H groups in total. The lowest BCUT2D eigenvalue weighted by atomic mass is 10.2. The lowest BCUT2D eigenvalue weighted by molar-refractivity contribution is -0.139. The Labute approximate surface area is 169 Å². The Balaban J connectivity index is 1.59. The summed E-state index contributed by atoms with van der Waals surface area (Å²) in [6, 6.07) is 15.3. The number of benzene rings is 2. The number of carbonyl (C=O) groups is 2. The first-order valence-corrected chi connectivity index (χ1v) is 9.21. The van der Waals surface area contributed by atoms with E-state index in [0.717, 1.165) is 15.6 Å². The number of aliphatic carboxylic acids is 1. The summed E-state index contributed by atoms with van der Waals surface area (Å²) in [5, 5.41) is 11.7. The predicted molar refractivity (Wildman–Crippen MR) is 105 cm³/mol. The van der Waals surface area contributed by atoms with Crippen LogP contribution in [-0.4, -0.2) is 28.2 Å². The molecular formula is C20H17BrN2O5. The van der Waals surface area contributed by atoms with Crippen molar-refractivity contribution in [2.75, 3.05) is 0 Å². The van der Waals surface area contributed by atoms with E-state index in [4.69, 9.17) is 9.15 Å². The molecule has 2 aromatic carbocycles. The summed E-state index contributed by atoms with van der Waals surface area (Å²) in [6.45, 7) is 0.0474. The van der Waals surface area contributed by atoms with Gasteiger partial charge in [0.05, 0.1) is 12.6 Å². The normalized spacial score (nSPS) is 11.6. The SMILES string of the molecule is O=C(NC(Cc1ncc(-c2ccc(Br)cc2)o1)C(=O)O)OCc1ccccc1. The molecule has 28 heavy (non-hydrogen) atoms. The number of oxazole rings is 1. The molecule has 0 aliphatic heterocycles. The number of carboxylic acids is 1. The molecule has 1 amide bonds. The second-order valence-corrected chi connectivity index (χ2v) is 6.84. The number of halogens is 1. The summed E-state index contributed by atoms with van der Waals surface area (Å²) in [6.07, 6.45) is 0.591. The molecule has 0 bridgehead atoms. The Kier molecular flexibility index (Phi) is 6.44. The van der Waals surface area contributed by atoms with Gasteiger partial charge in [-0.15, -0.1) is 0 Å². The van der Waals surface area contributed by atoms with Crippen LogP contribution < -0.4 is 5.32 Å². The van der Waals surface area contributed by atoms with E-state index >= 15 is 0 Å². The van der Waals surface area contributed by atoms with Gasteiger partial charge in [0, 0.05) is 10.0 Å². The van der Waals surface area contributed by atoms with Crippen LogP contribution in [0.4, 0.5) is 4.79 Å². The summed E-state index contributed by atoms with van der Waals surface area (Å²) in [7, 11) is 0. The van der Waals surface area contributed by atoms with E-state index in [9.17, 15) is 14.7 Å². The summed E-state index contributed by atoms with van der Waals surface area (Å²) < 4.78 is 11.6. The van der Waals surface area contributed by atoms with E-state index in [2.05, 4.69) is 26.2 Å². The van der Waals surface area contributed by atoms with Crippen LogP contribution in [0.25, 0.3) is 11.3 Å². The first kappa shape index (κ1) is 19.6. The zero-order valence-electron chi connectivity index (χ0n) is 14.7. The molecule has 0 saturated heterocycles. The molecule has 0 spiro atoms. The smallest absolute Gasteiger partial charge is 0.408 e. The molecule has 0 radical (unpaired) electrons. The van der Waals surface area contributed by atoms with Gasteiger partial charge in [-0.3, -0.25) is 0 Å². The van der Waals surface area contributed by atoms with Gasteiger partial charge < -0.3 is 19.6 Å². The Morgan fingerprint density at radius 3 is 2.54 bits per heavy atom. The number of carbonyl (C=O) groups excluding carboxylic acids is 1. The largest absolute Gasteiger partial charge is 0.480 e. The third kappa shape index (κ3) is 5.43. The number of rotatable bonds is 7. The number of ether oxygens (including phenoxy) is 1. The van der Waals surface area contributed by atoms with Gasteiger partial charge in [0.2, 0.25) is 0 Å². The van der Waals surface area contributed by atoms with Crippen molar-refractivity contribution in [2.45, 2.75) is 19.1 Å². The summed E-state index contributed by atoms with van der Waals surface area (Å²) >= 11 is 3.36. The summed E-state index contributed by atoms with van der Waals surface area (Å²) in [5.41, 5.74) is 1.61. The van der Waals surface area contributed by atoms with Crippen LogP contribution in [0.3, 0.4) is 0 Å². The predicted octanol–water partition coefficient (Wildman–Crippen LogP) is 4.03. The minimum Gasteiger partial charge on any atom is -0.480 e. The summed E-state index contributed by atoms with van der Waals surface area (Å²) in [5.74, 6) is -0.493. The highest BCUT2D eigenvalue weighted by molar-refractivity contribution is 9.10. The zero-order chi connectivity index (χ0) is 19.9. The van der Waals surface area contributed by atoms with E-state index in [1.807, 2.05) is 42.5 Å². The van der Waals surface area contributed by atoms with Crippen LogP contribution in [0.2, 0.25) is 0 Å². The fourth-order valence-electron chi connectivity index (χ4n) is 2.43. The van der Waals surface area contributed by atoms with Gasteiger partial charge in [-0.25, -0.2) is 14.6 Å². The molecule has 3 rings (SSSR count). The van der Waals surface area contributed by atoms with Crippen LogP contribution in [0.1, 0.15) is 11.5 Å². The number of alkyl carbamates (subject to hydrolysis) is 1. The first-order valence-electron chi connectivity index (χ1n) is 8.42. The van der Waals surface area contributed by atoms with Crippen LogP contribution >= 0.6 is 15.9 Å². The maximum atomic E-state index is 11.9.